The Morgan fingerprint density at radius 1 is 1.18 bits per heavy atom. The van der Waals surface area contributed by atoms with Crippen LogP contribution >= 0.6 is 0 Å². The highest BCUT2D eigenvalue weighted by atomic mass is 16.5. The maximum absolute atomic E-state index is 13.9. The molecule has 4 atom stereocenters. The number of methoxy groups -OCH3 is 1. The van der Waals surface area contributed by atoms with E-state index in [2.05, 4.69) is 36.3 Å². The van der Waals surface area contributed by atoms with Gasteiger partial charge in [-0.2, -0.15) is 0 Å². The molecule has 0 bridgehead atoms. The van der Waals surface area contributed by atoms with E-state index in [4.69, 9.17) is 9.47 Å². The summed E-state index contributed by atoms with van der Waals surface area (Å²) in [6.45, 7) is 13.1. The van der Waals surface area contributed by atoms with Gasteiger partial charge >= 0.3 is 5.97 Å². The molecule has 1 amide bonds. The molecule has 204 valence electrons. The Bertz CT molecular complexity index is 1120. The molecule has 6 nitrogen and oxygen atoms in total. The summed E-state index contributed by atoms with van der Waals surface area (Å²) in [5.41, 5.74) is 1.66. The number of ether oxygens (including phenoxy) is 2. The van der Waals surface area contributed by atoms with Gasteiger partial charge in [-0.15, -0.1) is 6.58 Å². The number of likely N-dealkylation sites (tertiary alicyclic amines) is 1. The van der Waals surface area contributed by atoms with E-state index in [9.17, 15) is 9.59 Å². The van der Waals surface area contributed by atoms with Crippen LogP contribution in [0.1, 0.15) is 56.0 Å². The lowest BCUT2D eigenvalue weighted by molar-refractivity contribution is -0.131. The predicted molar refractivity (Wildman–Crippen MR) is 150 cm³/mol. The fraction of sp³-hybridized carbons (Fsp3) is 0.500. The van der Waals surface area contributed by atoms with Gasteiger partial charge in [0.25, 0.3) is 5.91 Å². The number of piperidine rings is 1. The quantitative estimate of drug-likeness (QED) is 0.255. The molecule has 1 aliphatic carbocycles. The Hall–Kier alpha value is -2.96. The van der Waals surface area contributed by atoms with Crippen LogP contribution in [-0.4, -0.2) is 67.1 Å². The number of amides is 1. The number of rotatable bonds is 9. The molecule has 0 N–H and O–H groups in total. The van der Waals surface area contributed by atoms with Crippen molar-refractivity contribution in [2.24, 2.45) is 11.8 Å². The first-order valence-electron chi connectivity index (χ1n) is 13.8. The zero-order valence-corrected chi connectivity index (χ0v) is 23.3. The normalized spacial score (nSPS) is 25.4. The summed E-state index contributed by atoms with van der Waals surface area (Å²) in [5.74, 6) is 0.874. The monoisotopic (exact) mass is 518 g/mol. The maximum atomic E-state index is 13.9. The van der Waals surface area contributed by atoms with Gasteiger partial charge in [0.2, 0.25) is 0 Å². The third-order valence-electron chi connectivity index (χ3n) is 8.24. The average molecular weight is 519 g/mol. The molecule has 1 heterocycles. The largest absolute Gasteiger partial charge is 0.427 e. The second kappa shape index (κ2) is 12.3. The Kier molecular flexibility index (Phi) is 9.06. The SMILES string of the molecule is C=CCN1CCC2(c3cccc(OC(C)=O)c3)C[C@H](N(CC(C)C)C(=O)c3ccccc3)CC(OC)C2C1. The van der Waals surface area contributed by atoms with Crippen LogP contribution in [0.5, 0.6) is 5.75 Å². The Balaban J connectivity index is 1.77. The molecule has 4 rings (SSSR count). The van der Waals surface area contributed by atoms with Crippen LogP contribution in [-0.2, 0) is 14.9 Å². The Labute approximate surface area is 227 Å². The van der Waals surface area contributed by atoms with Crippen molar-refractivity contribution in [1.29, 1.82) is 0 Å². The van der Waals surface area contributed by atoms with E-state index in [1.807, 2.05) is 54.6 Å². The summed E-state index contributed by atoms with van der Waals surface area (Å²) in [7, 11) is 1.80. The van der Waals surface area contributed by atoms with Crippen molar-refractivity contribution in [1.82, 2.24) is 9.80 Å². The molecule has 2 aliphatic rings. The number of carbonyl (C=O) groups is 2. The van der Waals surface area contributed by atoms with E-state index in [1.165, 1.54) is 6.92 Å². The molecule has 2 aromatic rings. The highest BCUT2D eigenvalue weighted by molar-refractivity contribution is 5.94. The summed E-state index contributed by atoms with van der Waals surface area (Å²) in [6.07, 6.45) is 4.51. The predicted octanol–water partition coefficient (Wildman–Crippen LogP) is 5.33. The van der Waals surface area contributed by atoms with Gasteiger partial charge < -0.3 is 14.4 Å². The van der Waals surface area contributed by atoms with Crippen molar-refractivity contribution >= 4 is 11.9 Å². The molecule has 6 heteroatoms. The topological polar surface area (TPSA) is 59.1 Å². The molecule has 2 aromatic carbocycles. The third-order valence-corrected chi connectivity index (χ3v) is 8.24. The van der Waals surface area contributed by atoms with E-state index in [-0.39, 0.29) is 35.4 Å². The first kappa shape index (κ1) is 28.1. The van der Waals surface area contributed by atoms with Gasteiger partial charge in [-0.3, -0.25) is 14.5 Å². The van der Waals surface area contributed by atoms with E-state index in [1.54, 1.807) is 7.11 Å². The molecule has 0 radical (unpaired) electrons. The molecule has 1 saturated heterocycles. The summed E-state index contributed by atoms with van der Waals surface area (Å²) in [4.78, 5) is 30.2. The number of hydrogen-bond acceptors (Lipinski definition) is 5. The minimum Gasteiger partial charge on any atom is -0.427 e. The minimum absolute atomic E-state index is 0.0167. The molecule has 38 heavy (non-hydrogen) atoms. The highest BCUT2D eigenvalue weighted by Gasteiger charge is 2.54. The fourth-order valence-corrected chi connectivity index (χ4v) is 6.65. The summed E-state index contributed by atoms with van der Waals surface area (Å²) in [5, 5.41) is 0. The lowest BCUT2D eigenvalue weighted by Gasteiger charge is -2.57. The van der Waals surface area contributed by atoms with Crippen LogP contribution in [0.25, 0.3) is 0 Å². The number of nitrogens with zero attached hydrogens (tertiary/aromatic N) is 2. The van der Waals surface area contributed by atoms with E-state index in [0.29, 0.717) is 18.2 Å². The van der Waals surface area contributed by atoms with Crippen LogP contribution in [0.2, 0.25) is 0 Å². The van der Waals surface area contributed by atoms with Crippen molar-refractivity contribution < 1.29 is 19.1 Å². The van der Waals surface area contributed by atoms with E-state index < -0.39 is 0 Å². The zero-order chi connectivity index (χ0) is 27.3. The first-order chi connectivity index (χ1) is 18.3. The van der Waals surface area contributed by atoms with Crippen LogP contribution in [0.15, 0.2) is 67.3 Å². The molecular weight excluding hydrogens is 476 g/mol. The van der Waals surface area contributed by atoms with Crippen LogP contribution in [0.4, 0.5) is 0 Å². The lowest BCUT2D eigenvalue weighted by Crippen LogP contribution is -2.62. The molecule has 3 unspecified atom stereocenters. The van der Waals surface area contributed by atoms with Gasteiger partial charge in [0.05, 0.1) is 6.10 Å². The van der Waals surface area contributed by atoms with Gasteiger partial charge in [-0.05, 0) is 61.6 Å². The van der Waals surface area contributed by atoms with E-state index >= 15 is 0 Å². The Morgan fingerprint density at radius 3 is 2.61 bits per heavy atom. The van der Waals surface area contributed by atoms with Gasteiger partial charge in [0.15, 0.2) is 0 Å². The van der Waals surface area contributed by atoms with Crippen molar-refractivity contribution in [3.8, 4) is 5.75 Å². The molecule has 0 spiro atoms. The third kappa shape index (κ3) is 6.02. The summed E-state index contributed by atoms with van der Waals surface area (Å²) in [6, 6.07) is 17.6. The number of benzene rings is 2. The molecular formula is C32H42N2O4. The fourth-order valence-electron chi connectivity index (χ4n) is 6.65. The van der Waals surface area contributed by atoms with Crippen LogP contribution in [0, 0.1) is 11.8 Å². The van der Waals surface area contributed by atoms with Crippen molar-refractivity contribution in [3.63, 3.8) is 0 Å². The average Bonchev–Trinajstić information content (AvgIpc) is 2.91. The van der Waals surface area contributed by atoms with Gasteiger partial charge in [0.1, 0.15) is 5.75 Å². The first-order valence-corrected chi connectivity index (χ1v) is 13.8. The van der Waals surface area contributed by atoms with Gasteiger partial charge in [-0.1, -0.05) is 50.3 Å². The number of hydrogen-bond donors (Lipinski definition) is 0. The van der Waals surface area contributed by atoms with Crippen LogP contribution in [0.3, 0.4) is 0 Å². The molecule has 0 aromatic heterocycles. The van der Waals surface area contributed by atoms with Gasteiger partial charge in [-0.25, -0.2) is 0 Å². The minimum atomic E-state index is -0.329. The highest BCUT2D eigenvalue weighted by Crippen LogP contribution is 2.51. The van der Waals surface area contributed by atoms with E-state index in [0.717, 1.165) is 50.0 Å². The van der Waals surface area contributed by atoms with Crippen molar-refractivity contribution in [2.75, 3.05) is 33.3 Å². The van der Waals surface area contributed by atoms with Crippen molar-refractivity contribution in [3.05, 3.63) is 78.4 Å². The Morgan fingerprint density at radius 2 is 1.95 bits per heavy atom. The molecule has 2 fully saturated rings. The van der Waals surface area contributed by atoms with Crippen molar-refractivity contribution in [2.45, 2.75) is 57.6 Å². The smallest absolute Gasteiger partial charge is 0.308 e. The second-order valence-electron chi connectivity index (χ2n) is 11.3. The lowest BCUT2D eigenvalue weighted by atomic mass is 9.56. The number of carbonyl (C=O) groups excluding carboxylic acids is 2. The number of esters is 1. The summed E-state index contributed by atoms with van der Waals surface area (Å²) >= 11 is 0. The van der Waals surface area contributed by atoms with Crippen LogP contribution < -0.4 is 4.74 Å². The maximum Gasteiger partial charge on any atom is 0.308 e. The molecule has 1 saturated carbocycles. The van der Waals surface area contributed by atoms with Gasteiger partial charge in [0, 0.05) is 56.6 Å². The molecule has 1 aliphatic heterocycles. The zero-order valence-electron chi connectivity index (χ0n) is 23.3. The summed E-state index contributed by atoms with van der Waals surface area (Å²) < 4.78 is 11.7. The second-order valence-corrected chi connectivity index (χ2v) is 11.3. The number of fused-ring (bicyclic) bond motifs is 1. The standard InChI is InChI=1S/C32H42N2O4/c1-6-16-33-17-15-32(26-13-10-14-28(18-26)38-24(4)35)20-27(19-30(37-5)29(32)22-33)34(21-23(2)3)31(36)25-11-8-7-9-12-25/h6-14,18,23,27,29-30H,1,15-17,19-22H2,2-5H3/t27-,29?,30?,32?/m1/s1.